The molecule has 6 N–H and O–H groups in total. The SMILES string of the molecule is CCc1ccc(-n2ccc(-c3cccc(C(=O)O)c3)n2)cc1.Cc1cc(F)cc(-n2ccc(-c3cccc(C(=O)O)c3)n2)c1.Cc1ccc(-n2ccc(-c3cccc(C(=O)O)c3)n2)cc1.Cc1ccc(-n2ccc(-c3cccc(C(=O)O)c3)n2)cc1C(F)(F)F.Cc1ccc(-n2ccc(-c3cccc(C(=O)O)c3)n2)cc1F.O=C(O)c1cccc(-c2ccn(-c3ccc(-n4cccn4)cc3)n2)c1. The third-order valence-corrected chi connectivity index (χ3v) is 21.3. The highest BCUT2D eigenvalue weighted by Crippen LogP contribution is 2.35. The maximum atomic E-state index is 13.6. The Balaban J connectivity index is 0.000000132. The van der Waals surface area contributed by atoms with Crippen molar-refractivity contribution >= 4 is 35.8 Å². The first kappa shape index (κ1) is 94.7. The van der Waals surface area contributed by atoms with Crippen LogP contribution in [-0.2, 0) is 12.6 Å². The summed E-state index contributed by atoms with van der Waals surface area (Å²) in [5.74, 6) is -6.46. The zero-order valence-electron chi connectivity index (χ0n) is 73.6. The summed E-state index contributed by atoms with van der Waals surface area (Å²) in [5.41, 5.74) is 18.2. The van der Waals surface area contributed by atoms with Crippen LogP contribution in [0, 0.1) is 39.3 Å². The fraction of sp³-hybridized carbons (Fsp3) is 0.0660. The summed E-state index contributed by atoms with van der Waals surface area (Å²) in [6.45, 7) is 9.07. The predicted molar refractivity (Wildman–Crippen MR) is 506 cm³/mol. The Morgan fingerprint density at radius 3 is 0.854 bits per heavy atom. The lowest BCUT2D eigenvalue weighted by molar-refractivity contribution is -0.138. The van der Waals surface area contributed by atoms with Gasteiger partial charge >= 0.3 is 42.0 Å². The molecule has 137 heavy (non-hydrogen) atoms. The number of nitrogens with zero attached hydrogens (tertiary/aromatic N) is 14. The largest absolute Gasteiger partial charge is 0.478 e. The number of aromatic nitrogens is 14. The van der Waals surface area contributed by atoms with E-state index in [0.717, 1.165) is 74.6 Å². The summed E-state index contributed by atoms with van der Waals surface area (Å²) >= 11 is 0. The van der Waals surface area contributed by atoms with Crippen LogP contribution in [0.4, 0.5) is 22.0 Å². The minimum Gasteiger partial charge on any atom is -0.478 e. The first-order valence-electron chi connectivity index (χ1n) is 42.2. The van der Waals surface area contributed by atoms with Crippen molar-refractivity contribution in [2.75, 3.05) is 0 Å². The van der Waals surface area contributed by atoms with Crippen LogP contribution >= 0.6 is 0 Å². The summed E-state index contributed by atoms with van der Waals surface area (Å²) in [5, 5.41) is 85.1. The fourth-order valence-electron chi connectivity index (χ4n) is 14.0. The molecular weight excluding hydrogens is 1760 g/mol. The molecular formula is C106H83F5N14O12. The Bertz CT molecular complexity index is 7540. The molecule has 0 fully saturated rings. The van der Waals surface area contributed by atoms with Gasteiger partial charge in [-0.15, -0.1) is 0 Å². The maximum Gasteiger partial charge on any atom is 0.416 e. The van der Waals surface area contributed by atoms with Crippen LogP contribution < -0.4 is 0 Å². The average molecular weight is 1840 g/mol. The number of halogens is 5. The van der Waals surface area contributed by atoms with Gasteiger partial charge in [-0.1, -0.05) is 122 Å². The van der Waals surface area contributed by atoms with Gasteiger partial charge in [-0.3, -0.25) is 0 Å². The molecule has 0 aliphatic rings. The lowest BCUT2D eigenvalue weighted by Gasteiger charge is -2.12. The van der Waals surface area contributed by atoms with Crippen molar-refractivity contribution in [3.05, 3.63) is 443 Å². The van der Waals surface area contributed by atoms with E-state index in [9.17, 15) is 50.7 Å². The summed E-state index contributed by atoms with van der Waals surface area (Å²) in [6.07, 6.45) is 10.8. The van der Waals surface area contributed by atoms with Gasteiger partial charge < -0.3 is 30.6 Å². The van der Waals surface area contributed by atoms with E-state index in [0.29, 0.717) is 50.7 Å². The third-order valence-electron chi connectivity index (χ3n) is 21.3. The Morgan fingerprint density at radius 2 is 0.562 bits per heavy atom. The molecule has 0 radical (unpaired) electrons. The van der Waals surface area contributed by atoms with Gasteiger partial charge in [-0.25, -0.2) is 70.3 Å². The van der Waals surface area contributed by atoms with Gasteiger partial charge in [0, 0.05) is 83.0 Å². The molecule has 7 heterocycles. The van der Waals surface area contributed by atoms with Gasteiger partial charge in [-0.05, 0) is 263 Å². The monoisotopic (exact) mass is 1840 g/mol. The molecule has 12 aromatic carbocycles. The predicted octanol–water partition coefficient (Wildman–Crippen LogP) is 22.7. The van der Waals surface area contributed by atoms with Crippen LogP contribution in [0.5, 0.6) is 0 Å². The molecule has 0 saturated heterocycles. The van der Waals surface area contributed by atoms with Crippen molar-refractivity contribution in [3.8, 4) is 107 Å². The van der Waals surface area contributed by atoms with Crippen LogP contribution in [-0.4, -0.2) is 135 Å². The van der Waals surface area contributed by atoms with E-state index in [2.05, 4.69) is 54.7 Å². The van der Waals surface area contributed by atoms with Crippen molar-refractivity contribution in [2.45, 2.75) is 47.2 Å². The molecule has 0 spiro atoms. The van der Waals surface area contributed by atoms with Crippen molar-refractivity contribution in [3.63, 3.8) is 0 Å². The topological polar surface area (TPSA) is 349 Å². The second-order valence-corrected chi connectivity index (χ2v) is 30.9. The number of carboxylic acids is 6. The van der Waals surface area contributed by atoms with Gasteiger partial charge in [-0.2, -0.15) is 48.9 Å². The standard InChI is InChI=1S/C19H14N4O2.C18H13F3N2O2.C18H16N2O2.2C17H13FN2O2.C17H14N2O2/c24-19(25)15-4-1-3-14(13-15)18-9-12-23(21-18)17-7-5-16(6-8-17)22-11-2-10-20-22;1-11-5-6-14(10-15(11)18(19,20)21)23-8-7-16(22-23)12-3-2-4-13(9-12)17(24)25;1-2-13-6-8-16(9-7-13)20-11-10-17(19-20)14-4-3-5-15(12-14)18(21)22;1-11-7-14(18)10-15(8-11)20-6-5-16(19-20)12-3-2-4-13(9-12)17(21)22;1-11-5-6-14(10-15(11)18)20-8-7-16(19-20)12-3-2-4-13(9-12)17(21)22;1-12-5-7-15(8-6-12)19-10-9-16(18-19)13-3-2-4-14(11-13)17(20)21/h1-13H,(H,24,25);2-10H,1H3,(H,24,25);3-12H,2H2,1H3,(H,21,22);2*2-10H,1H3,(H,21,22);2-11H,1H3,(H,20,21). The molecule has 0 amide bonds. The zero-order valence-corrected chi connectivity index (χ0v) is 73.6. The lowest BCUT2D eigenvalue weighted by atomic mass is 10.1. The highest BCUT2D eigenvalue weighted by Gasteiger charge is 2.33. The fourth-order valence-corrected chi connectivity index (χ4v) is 14.0. The number of aromatic carboxylic acids is 6. The summed E-state index contributed by atoms with van der Waals surface area (Å²) in [4.78, 5) is 66.2. The number of aryl methyl sites for hydroxylation is 5. The minimum absolute atomic E-state index is 0.113. The number of alkyl halides is 3. The van der Waals surface area contributed by atoms with E-state index in [-0.39, 0.29) is 56.3 Å². The van der Waals surface area contributed by atoms with E-state index in [1.807, 2.05) is 148 Å². The van der Waals surface area contributed by atoms with Gasteiger partial charge in [0.25, 0.3) is 0 Å². The lowest BCUT2D eigenvalue weighted by Crippen LogP contribution is -2.09. The summed E-state index contributed by atoms with van der Waals surface area (Å²) in [6, 6.07) is 90.0. The zero-order chi connectivity index (χ0) is 97.1. The quantitative estimate of drug-likeness (QED) is 0.0386. The molecule has 7 aromatic heterocycles. The summed E-state index contributed by atoms with van der Waals surface area (Å²) in [7, 11) is 0. The van der Waals surface area contributed by atoms with Crippen molar-refractivity contribution in [1.29, 1.82) is 0 Å². The maximum absolute atomic E-state index is 13.6. The van der Waals surface area contributed by atoms with E-state index in [1.54, 1.807) is 193 Å². The van der Waals surface area contributed by atoms with Gasteiger partial charge in [0.2, 0.25) is 0 Å². The number of carbonyl (C=O) groups is 6. The average Bonchev–Trinajstić information content (AvgIpc) is 1.76. The molecule has 0 aliphatic carbocycles. The van der Waals surface area contributed by atoms with Crippen LogP contribution in [0.3, 0.4) is 0 Å². The van der Waals surface area contributed by atoms with Crippen LogP contribution in [0.2, 0.25) is 0 Å². The van der Waals surface area contributed by atoms with Crippen molar-refractivity contribution in [2.24, 2.45) is 0 Å². The smallest absolute Gasteiger partial charge is 0.416 e. The second-order valence-electron chi connectivity index (χ2n) is 30.9. The molecule has 0 bridgehead atoms. The van der Waals surface area contributed by atoms with E-state index < -0.39 is 47.6 Å². The first-order valence-corrected chi connectivity index (χ1v) is 42.2. The Labute approximate surface area is 779 Å². The summed E-state index contributed by atoms with van der Waals surface area (Å²) < 4.78 is 77.8. The minimum atomic E-state index is -4.44. The number of hydrogen-bond donors (Lipinski definition) is 6. The molecule has 0 unspecified atom stereocenters. The number of hydrogen-bond acceptors (Lipinski definition) is 13. The molecule has 31 heteroatoms. The normalized spacial score (nSPS) is 10.8. The van der Waals surface area contributed by atoms with Crippen LogP contribution in [0.1, 0.15) is 102 Å². The molecule has 26 nitrogen and oxygen atoms in total. The number of benzene rings is 12. The molecule has 19 aromatic rings. The molecule has 19 rings (SSSR count). The van der Waals surface area contributed by atoms with Gasteiger partial charge in [0.15, 0.2) is 0 Å². The van der Waals surface area contributed by atoms with E-state index in [1.165, 1.54) is 77.5 Å². The second kappa shape index (κ2) is 42.6. The van der Waals surface area contributed by atoms with Crippen molar-refractivity contribution in [1.82, 2.24) is 68.5 Å². The Morgan fingerprint density at radius 1 is 0.277 bits per heavy atom. The van der Waals surface area contributed by atoms with E-state index in [4.69, 9.17) is 30.6 Å². The van der Waals surface area contributed by atoms with Gasteiger partial charge in [0.05, 0.1) is 113 Å². The highest BCUT2D eigenvalue weighted by molar-refractivity contribution is 5.92. The molecule has 0 aliphatic heterocycles. The Kier molecular flexibility index (Phi) is 29.5. The van der Waals surface area contributed by atoms with Crippen LogP contribution in [0.15, 0.2) is 365 Å². The highest BCUT2D eigenvalue weighted by atomic mass is 19.4. The van der Waals surface area contributed by atoms with Gasteiger partial charge in [0.1, 0.15) is 11.6 Å². The number of carboxylic acid groups (broad SMARTS) is 6. The molecule has 684 valence electrons. The van der Waals surface area contributed by atoms with Crippen molar-refractivity contribution < 1.29 is 81.4 Å². The Hall–Kier alpha value is -18.4. The third kappa shape index (κ3) is 24.2. The molecule has 0 atom stereocenters. The first-order chi connectivity index (χ1) is 65.8. The van der Waals surface area contributed by atoms with E-state index >= 15 is 0 Å². The van der Waals surface area contributed by atoms with Crippen LogP contribution in [0.25, 0.3) is 107 Å². The molecule has 0 saturated carbocycles. The number of rotatable bonds is 20.